The maximum Gasteiger partial charge on any atom is 0.255 e. The van der Waals surface area contributed by atoms with Gasteiger partial charge in [0.15, 0.2) is 0 Å². The van der Waals surface area contributed by atoms with Crippen molar-refractivity contribution < 1.29 is 14.3 Å². The highest BCUT2D eigenvalue weighted by molar-refractivity contribution is 5.94. The van der Waals surface area contributed by atoms with Crippen LogP contribution in [0, 0.1) is 0 Å². The number of methoxy groups -OCH3 is 1. The Hall–Kier alpha value is -1.92. The normalized spacial score (nSPS) is 20.7. The van der Waals surface area contributed by atoms with E-state index in [-0.39, 0.29) is 11.8 Å². The average molecular weight is 331 g/mol. The van der Waals surface area contributed by atoms with Crippen molar-refractivity contribution in [3.8, 4) is 0 Å². The monoisotopic (exact) mass is 331 g/mol. The highest BCUT2D eigenvalue weighted by Gasteiger charge is 2.43. The van der Waals surface area contributed by atoms with Crippen molar-refractivity contribution in [2.45, 2.75) is 18.4 Å². The molecule has 2 aliphatic rings. The zero-order valence-corrected chi connectivity index (χ0v) is 14.2. The lowest BCUT2D eigenvalue weighted by Gasteiger charge is -2.42. The van der Waals surface area contributed by atoms with E-state index in [0.717, 1.165) is 13.1 Å². The molecule has 1 aromatic rings. The van der Waals surface area contributed by atoms with Crippen LogP contribution in [0.2, 0.25) is 0 Å². The Labute approximate surface area is 142 Å². The highest BCUT2D eigenvalue weighted by Crippen LogP contribution is 2.26. The Morgan fingerprint density at radius 1 is 1.00 bits per heavy atom. The molecule has 2 amide bonds. The molecule has 6 nitrogen and oxygen atoms in total. The third-order valence-corrected chi connectivity index (χ3v) is 5.07. The van der Waals surface area contributed by atoms with Crippen LogP contribution in [0.4, 0.5) is 0 Å². The minimum atomic E-state index is -0.698. The van der Waals surface area contributed by atoms with Crippen molar-refractivity contribution in [3.05, 3.63) is 35.9 Å². The Bertz CT molecular complexity index is 576. The molecule has 0 spiro atoms. The largest absolute Gasteiger partial charge is 0.368 e. The van der Waals surface area contributed by atoms with Gasteiger partial charge < -0.3 is 19.9 Å². The molecule has 3 rings (SSSR count). The van der Waals surface area contributed by atoms with Crippen LogP contribution in [0.15, 0.2) is 30.3 Å². The lowest BCUT2D eigenvalue weighted by Crippen LogP contribution is -2.59. The second-order valence-corrected chi connectivity index (χ2v) is 6.40. The van der Waals surface area contributed by atoms with Gasteiger partial charge in [-0.25, -0.2) is 0 Å². The van der Waals surface area contributed by atoms with Crippen LogP contribution >= 0.6 is 0 Å². The number of piperazine rings is 1. The first kappa shape index (κ1) is 16.9. The maximum atomic E-state index is 12.9. The first-order valence-electron chi connectivity index (χ1n) is 8.56. The lowest BCUT2D eigenvalue weighted by molar-refractivity contribution is -0.159. The van der Waals surface area contributed by atoms with Gasteiger partial charge in [-0.2, -0.15) is 0 Å². The molecule has 2 aliphatic heterocycles. The molecule has 0 atom stereocenters. The van der Waals surface area contributed by atoms with Crippen molar-refractivity contribution in [3.63, 3.8) is 0 Å². The minimum Gasteiger partial charge on any atom is -0.368 e. The van der Waals surface area contributed by atoms with Crippen LogP contribution in [0.25, 0.3) is 0 Å². The number of carbonyl (C=O) groups excluding carboxylic acids is 2. The maximum absolute atomic E-state index is 12.9. The van der Waals surface area contributed by atoms with Crippen molar-refractivity contribution >= 4 is 11.8 Å². The fourth-order valence-electron chi connectivity index (χ4n) is 3.50. The molecule has 0 radical (unpaired) electrons. The molecule has 0 aliphatic carbocycles. The summed E-state index contributed by atoms with van der Waals surface area (Å²) in [4.78, 5) is 29.1. The third-order valence-electron chi connectivity index (χ3n) is 5.07. The van der Waals surface area contributed by atoms with Crippen molar-refractivity contribution in [2.24, 2.45) is 0 Å². The Balaban J connectivity index is 1.60. The zero-order valence-electron chi connectivity index (χ0n) is 14.2. The molecule has 0 unspecified atom stereocenters. The number of nitrogens with one attached hydrogen (secondary N) is 1. The standard InChI is InChI=1S/C18H25N3O3/c1-24-18(7-9-19-10-8-18)17(23)21-13-11-20(12-14-21)16(22)15-5-3-2-4-6-15/h2-6,19H,7-14H2,1H3. The van der Waals surface area contributed by atoms with E-state index in [9.17, 15) is 9.59 Å². The van der Waals surface area contributed by atoms with E-state index in [1.165, 1.54) is 0 Å². The lowest BCUT2D eigenvalue weighted by atomic mass is 9.90. The highest BCUT2D eigenvalue weighted by atomic mass is 16.5. The second-order valence-electron chi connectivity index (χ2n) is 6.40. The van der Waals surface area contributed by atoms with Gasteiger partial charge in [-0.3, -0.25) is 9.59 Å². The van der Waals surface area contributed by atoms with Gasteiger partial charge in [0.2, 0.25) is 0 Å². The molecule has 2 fully saturated rings. The summed E-state index contributed by atoms with van der Waals surface area (Å²) in [5, 5.41) is 3.27. The zero-order chi connectivity index (χ0) is 17.0. The first-order chi connectivity index (χ1) is 11.7. The SMILES string of the molecule is COC1(C(=O)N2CCN(C(=O)c3ccccc3)CC2)CCNCC1. The van der Waals surface area contributed by atoms with Gasteiger partial charge in [-0.15, -0.1) is 0 Å². The van der Waals surface area contributed by atoms with E-state index in [0.29, 0.717) is 44.6 Å². The smallest absolute Gasteiger partial charge is 0.255 e. The van der Waals surface area contributed by atoms with Gasteiger partial charge in [-0.1, -0.05) is 18.2 Å². The second kappa shape index (κ2) is 7.32. The molecule has 130 valence electrons. The van der Waals surface area contributed by atoms with E-state index in [4.69, 9.17) is 4.74 Å². The summed E-state index contributed by atoms with van der Waals surface area (Å²) < 4.78 is 5.63. The number of benzene rings is 1. The van der Waals surface area contributed by atoms with Crippen LogP contribution in [0.5, 0.6) is 0 Å². The van der Waals surface area contributed by atoms with Crippen LogP contribution in [0.1, 0.15) is 23.2 Å². The fraction of sp³-hybridized carbons (Fsp3) is 0.556. The molecule has 1 aromatic carbocycles. The van der Waals surface area contributed by atoms with Gasteiger partial charge >= 0.3 is 0 Å². The molecular weight excluding hydrogens is 306 g/mol. The summed E-state index contributed by atoms with van der Waals surface area (Å²) >= 11 is 0. The summed E-state index contributed by atoms with van der Waals surface area (Å²) in [7, 11) is 1.62. The molecule has 0 bridgehead atoms. The predicted octanol–water partition coefficient (Wildman–Crippen LogP) is 0.740. The average Bonchev–Trinajstić information content (AvgIpc) is 2.68. The predicted molar refractivity (Wildman–Crippen MR) is 90.8 cm³/mol. The number of piperidine rings is 1. The molecule has 1 N–H and O–H groups in total. The van der Waals surface area contributed by atoms with Gasteiger partial charge in [-0.05, 0) is 38.1 Å². The van der Waals surface area contributed by atoms with Crippen molar-refractivity contribution in [2.75, 3.05) is 46.4 Å². The van der Waals surface area contributed by atoms with Crippen molar-refractivity contribution in [1.29, 1.82) is 0 Å². The van der Waals surface area contributed by atoms with Crippen LogP contribution in [-0.4, -0.2) is 73.6 Å². The summed E-state index contributed by atoms with van der Waals surface area (Å²) in [6.45, 7) is 3.86. The Morgan fingerprint density at radius 3 is 2.17 bits per heavy atom. The van der Waals surface area contributed by atoms with E-state index >= 15 is 0 Å². The Morgan fingerprint density at radius 2 is 1.58 bits per heavy atom. The number of carbonyl (C=O) groups is 2. The Kier molecular flexibility index (Phi) is 5.16. The van der Waals surface area contributed by atoms with Crippen LogP contribution in [-0.2, 0) is 9.53 Å². The van der Waals surface area contributed by atoms with E-state index < -0.39 is 5.60 Å². The molecule has 0 saturated carbocycles. The number of ether oxygens (including phenoxy) is 1. The minimum absolute atomic E-state index is 0.0334. The fourth-order valence-corrected chi connectivity index (χ4v) is 3.50. The third kappa shape index (κ3) is 3.30. The number of amides is 2. The van der Waals surface area contributed by atoms with Crippen LogP contribution in [0.3, 0.4) is 0 Å². The van der Waals surface area contributed by atoms with E-state index in [1.807, 2.05) is 40.1 Å². The van der Waals surface area contributed by atoms with Gasteiger partial charge in [0.25, 0.3) is 11.8 Å². The van der Waals surface area contributed by atoms with E-state index in [1.54, 1.807) is 7.11 Å². The van der Waals surface area contributed by atoms with Crippen molar-refractivity contribution in [1.82, 2.24) is 15.1 Å². The summed E-state index contributed by atoms with van der Waals surface area (Å²) in [6.07, 6.45) is 1.40. The molecular formula is C18H25N3O3. The molecule has 6 heteroatoms. The van der Waals surface area contributed by atoms with Gasteiger partial charge in [0.1, 0.15) is 5.60 Å². The van der Waals surface area contributed by atoms with Gasteiger partial charge in [0, 0.05) is 38.9 Å². The molecule has 0 aromatic heterocycles. The number of hydrogen-bond acceptors (Lipinski definition) is 4. The number of rotatable bonds is 3. The molecule has 2 heterocycles. The van der Waals surface area contributed by atoms with E-state index in [2.05, 4.69) is 5.32 Å². The topological polar surface area (TPSA) is 61.9 Å². The van der Waals surface area contributed by atoms with Gasteiger partial charge in [0.05, 0.1) is 0 Å². The quantitative estimate of drug-likeness (QED) is 0.887. The molecule has 24 heavy (non-hydrogen) atoms. The first-order valence-corrected chi connectivity index (χ1v) is 8.56. The molecule has 2 saturated heterocycles. The number of hydrogen-bond donors (Lipinski definition) is 1. The summed E-state index contributed by atoms with van der Waals surface area (Å²) in [5.41, 5.74) is 0.000581. The van der Waals surface area contributed by atoms with Crippen LogP contribution < -0.4 is 5.32 Å². The summed E-state index contributed by atoms with van der Waals surface area (Å²) in [6, 6.07) is 9.29. The number of nitrogens with zero attached hydrogens (tertiary/aromatic N) is 2. The summed E-state index contributed by atoms with van der Waals surface area (Å²) in [5.74, 6) is 0.101.